The van der Waals surface area contributed by atoms with Gasteiger partial charge < -0.3 is 9.42 Å². The highest BCUT2D eigenvalue weighted by Gasteiger charge is 2.42. The first kappa shape index (κ1) is 18.9. The van der Waals surface area contributed by atoms with Crippen LogP contribution < -0.4 is 0 Å². The summed E-state index contributed by atoms with van der Waals surface area (Å²) in [6, 6.07) is 1.98. The Morgan fingerprint density at radius 3 is 2.62 bits per heavy atom. The fourth-order valence-electron chi connectivity index (χ4n) is 5.09. The first-order valence-corrected chi connectivity index (χ1v) is 11.5. The maximum atomic E-state index is 13.0. The zero-order chi connectivity index (χ0) is 19.8. The van der Waals surface area contributed by atoms with Crippen LogP contribution >= 0.6 is 11.3 Å². The highest BCUT2D eigenvalue weighted by Crippen LogP contribution is 2.40. The van der Waals surface area contributed by atoms with Gasteiger partial charge in [0.2, 0.25) is 17.6 Å². The number of hydrogen-bond acceptors (Lipinski definition) is 7. The molecule has 0 aromatic carbocycles. The highest BCUT2D eigenvalue weighted by atomic mass is 32.1. The molecule has 2 unspecified atom stereocenters. The quantitative estimate of drug-likeness (QED) is 0.765. The molecule has 1 aliphatic heterocycles. The Labute approximate surface area is 174 Å². The van der Waals surface area contributed by atoms with Crippen LogP contribution in [0.25, 0.3) is 11.4 Å². The van der Waals surface area contributed by atoms with Gasteiger partial charge in [0, 0.05) is 54.9 Å². The minimum Gasteiger partial charge on any atom is -0.340 e. The molecule has 5 rings (SSSR count). The van der Waals surface area contributed by atoms with Crippen LogP contribution in [0.15, 0.2) is 21.3 Å². The molecule has 3 heterocycles. The molecule has 2 bridgehead atoms. The average Bonchev–Trinajstić information content (AvgIpc) is 3.40. The largest absolute Gasteiger partial charge is 0.340 e. The number of carbonyl (C=O) groups is 2. The van der Waals surface area contributed by atoms with Crippen LogP contribution in [0.5, 0.6) is 0 Å². The van der Waals surface area contributed by atoms with E-state index in [1.54, 1.807) is 11.3 Å². The van der Waals surface area contributed by atoms with E-state index in [1.165, 1.54) is 0 Å². The lowest BCUT2D eigenvalue weighted by Gasteiger charge is -2.41. The van der Waals surface area contributed by atoms with E-state index in [2.05, 4.69) is 15.0 Å². The topological polar surface area (TPSA) is 79.5 Å². The first-order valence-electron chi connectivity index (χ1n) is 10.6. The van der Waals surface area contributed by atoms with Crippen molar-refractivity contribution in [1.82, 2.24) is 19.9 Å². The van der Waals surface area contributed by atoms with Gasteiger partial charge in [0.05, 0.1) is 6.54 Å². The normalized spacial score (nSPS) is 27.9. The van der Waals surface area contributed by atoms with Crippen LogP contribution in [0.4, 0.5) is 0 Å². The van der Waals surface area contributed by atoms with Crippen molar-refractivity contribution in [2.45, 2.75) is 38.6 Å². The lowest BCUT2D eigenvalue weighted by molar-refractivity contribution is -0.144. The number of fused-ring (bicyclic) bond motifs is 2. The van der Waals surface area contributed by atoms with E-state index in [0.717, 1.165) is 63.8 Å². The number of aromatic nitrogens is 2. The summed E-state index contributed by atoms with van der Waals surface area (Å²) in [6.45, 7) is 3.68. The molecule has 2 aliphatic carbocycles. The molecule has 29 heavy (non-hydrogen) atoms. The van der Waals surface area contributed by atoms with Crippen molar-refractivity contribution in [1.29, 1.82) is 0 Å². The second-order valence-electron chi connectivity index (χ2n) is 8.52. The van der Waals surface area contributed by atoms with Gasteiger partial charge in [0.1, 0.15) is 5.78 Å². The Bertz CT molecular complexity index is 856. The van der Waals surface area contributed by atoms with Crippen molar-refractivity contribution in [2.24, 2.45) is 17.8 Å². The predicted molar refractivity (Wildman–Crippen MR) is 108 cm³/mol. The molecule has 0 radical (unpaired) electrons. The minimum absolute atomic E-state index is 0.0404. The highest BCUT2D eigenvalue weighted by molar-refractivity contribution is 7.08. The van der Waals surface area contributed by atoms with Crippen molar-refractivity contribution in [2.75, 3.05) is 26.2 Å². The van der Waals surface area contributed by atoms with E-state index >= 15 is 0 Å². The van der Waals surface area contributed by atoms with E-state index in [-0.39, 0.29) is 23.7 Å². The molecule has 2 atom stereocenters. The number of nitrogens with zero attached hydrogens (tertiary/aromatic N) is 4. The summed E-state index contributed by atoms with van der Waals surface area (Å²) < 4.78 is 5.40. The van der Waals surface area contributed by atoms with Crippen molar-refractivity contribution in [3.63, 3.8) is 0 Å². The minimum atomic E-state index is 0.0404. The van der Waals surface area contributed by atoms with Crippen molar-refractivity contribution in [3.8, 4) is 11.4 Å². The van der Waals surface area contributed by atoms with E-state index in [0.29, 0.717) is 24.0 Å². The van der Waals surface area contributed by atoms with Crippen LogP contribution in [0.1, 0.15) is 38.0 Å². The zero-order valence-electron chi connectivity index (χ0n) is 16.5. The third kappa shape index (κ3) is 3.88. The van der Waals surface area contributed by atoms with Gasteiger partial charge in [-0.2, -0.15) is 16.3 Å². The zero-order valence-corrected chi connectivity index (χ0v) is 17.3. The van der Waals surface area contributed by atoms with Gasteiger partial charge in [0.25, 0.3) is 0 Å². The molecule has 0 N–H and O–H groups in total. The maximum Gasteiger partial charge on any atom is 0.241 e. The van der Waals surface area contributed by atoms with Crippen LogP contribution in [0.2, 0.25) is 0 Å². The molecule has 2 saturated carbocycles. The number of thiophene rings is 1. The van der Waals surface area contributed by atoms with Crippen molar-refractivity contribution in [3.05, 3.63) is 22.7 Å². The molecule has 1 saturated heterocycles. The third-order valence-corrected chi connectivity index (χ3v) is 7.37. The number of carbonyl (C=O) groups excluding carboxylic acids is 2. The Balaban J connectivity index is 1.14. The van der Waals surface area contributed by atoms with Crippen molar-refractivity contribution >= 4 is 23.0 Å². The van der Waals surface area contributed by atoms with E-state index in [1.807, 2.05) is 21.7 Å². The maximum absolute atomic E-state index is 13.0. The molecule has 1 amide bonds. The molecule has 2 aromatic heterocycles. The summed E-state index contributed by atoms with van der Waals surface area (Å²) in [6.07, 6.45) is 4.63. The van der Waals surface area contributed by atoms with Gasteiger partial charge in [0.15, 0.2) is 0 Å². The van der Waals surface area contributed by atoms with Crippen molar-refractivity contribution < 1.29 is 14.1 Å². The van der Waals surface area contributed by atoms with Crippen LogP contribution in [0, 0.1) is 17.8 Å². The van der Waals surface area contributed by atoms with E-state index < -0.39 is 0 Å². The first-order chi connectivity index (χ1) is 14.2. The van der Waals surface area contributed by atoms with Gasteiger partial charge >= 0.3 is 0 Å². The Morgan fingerprint density at radius 1 is 1.17 bits per heavy atom. The summed E-state index contributed by atoms with van der Waals surface area (Å²) in [5.74, 6) is 2.23. The Kier molecular flexibility index (Phi) is 5.22. The van der Waals surface area contributed by atoms with Crippen LogP contribution in [0.3, 0.4) is 0 Å². The number of piperazine rings is 1. The summed E-state index contributed by atoms with van der Waals surface area (Å²) in [5, 5.41) is 8.07. The van der Waals surface area contributed by atoms with Crippen LogP contribution in [-0.4, -0.2) is 57.8 Å². The molecule has 154 valence electrons. The lowest BCUT2D eigenvalue weighted by atomic mass is 9.67. The fourth-order valence-corrected chi connectivity index (χ4v) is 5.72. The number of hydrogen-bond donors (Lipinski definition) is 0. The van der Waals surface area contributed by atoms with Gasteiger partial charge in [-0.15, -0.1) is 0 Å². The molecular formula is C21H26N4O3S. The molecule has 8 heteroatoms. The molecule has 2 aromatic rings. The molecule has 0 spiro atoms. The molecule has 3 aliphatic rings. The van der Waals surface area contributed by atoms with Gasteiger partial charge in [-0.3, -0.25) is 14.5 Å². The van der Waals surface area contributed by atoms with E-state index in [4.69, 9.17) is 4.52 Å². The number of Topliss-reactive ketones (excluding diaryl/α,β-unsaturated/α-hetero) is 1. The Hall–Kier alpha value is -2.06. The second kappa shape index (κ2) is 7.99. The third-order valence-electron chi connectivity index (χ3n) is 6.69. The monoisotopic (exact) mass is 414 g/mol. The fraction of sp³-hybridized carbons (Fsp3) is 0.619. The smallest absolute Gasteiger partial charge is 0.241 e. The average molecular weight is 415 g/mol. The van der Waals surface area contributed by atoms with Gasteiger partial charge in [-0.1, -0.05) is 11.6 Å². The van der Waals surface area contributed by atoms with Gasteiger partial charge in [-0.25, -0.2) is 0 Å². The SMILES string of the molecule is O=C1C2CCCC1CC(C(=O)N1CCN(Cc3nc(-c4ccsc4)no3)CC1)C2. The van der Waals surface area contributed by atoms with Gasteiger partial charge in [-0.05, 0) is 37.1 Å². The second-order valence-corrected chi connectivity index (χ2v) is 9.30. The van der Waals surface area contributed by atoms with Crippen LogP contribution in [-0.2, 0) is 16.1 Å². The Morgan fingerprint density at radius 2 is 1.93 bits per heavy atom. The summed E-state index contributed by atoms with van der Waals surface area (Å²) in [4.78, 5) is 34.1. The molecule has 7 nitrogen and oxygen atoms in total. The number of ketones is 1. The van der Waals surface area contributed by atoms with E-state index in [9.17, 15) is 9.59 Å². The summed E-state index contributed by atoms with van der Waals surface area (Å²) >= 11 is 1.61. The molecule has 3 fully saturated rings. The number of rotatable bonds is 4. The summed E-state index contributed by atoms with van der Waals surface area (Å²) in [7, 11) is 0. The standard InChI is InChI=1S/C21H26N4O3S/c26-19-14-2-1-3-15(19)11-17(10-14)21(27)25-7-5-24(6-8-25)12-18-22-20(23-28-18)16-4-9-29-13-16/h4,9,13-15,17H,1-3,5-8,10-12H2. The molecular weight excluding hydrogens is 388 g/mol. The lowest BCUT2D eigenvalue weighted by Crippen LogP contribution is -2.51. The predicted octanol–water partition coefficient (Wildman–Crippen LogP) is 2.84. The number of amides is 1. The summed E-state index contributed by atoms with van der Waals surface area (Å²) in [5.41, 5.74) is 0.983.